The van der Waals surface area contributed by atoms with E-state index >= 15 is 0 Å². The van der Waals surface area contributed by atoms with Gasteiger partial charge in [-0.2, -0.15) is 0 Å². The van der Waals surface area contributed by atoms with E-state index in [1.165, 1.54) is 42.5 Å². The monoisotopic (exact) mass is 328 g/mol. The summed E-state index contributed by atoms with van der Waals surface area (Å²) in [4.78, 5) is 15.8. The van der Waals surface area contributed by atoms with Crippen LogP contribution in [0.3, 0.4) is 0 Å². The Hall–Kier alpha value is -1.69. The summed E-state index contributed by atoms with van der Waals surface area (Å²) < 4.78 is 4.00. The molecule has 0 saturated heterocycles. The van der Waals surface area contributed by atoms with Gasteiger partial charge in [0.05, 0.1) is 5.39 Å². The second-order valence-electron chi connectivity index (χ2n) is 6.86. The Bertz CT molecular complexity index is 945. The van der Waals surface area contributed by atoms with Gasteiger partial charge in [-0.1, -0.05) is 19.3 Å². The summed E-state index contributed by atoms with van der Waals surface area (Å²) in [6.45, 7) is 0. The zero-order chi connectivity index (χ0) is 15.4. The summed E-state index contributed by atoms with van der Waals surface area (Å²) in [5, 5.41) is 9.35. The van der Waals surface area contributed by atoms with Gasteiger partial charge in [-0.05, 0) is 44.1 Å². The third-order valence-corrected chi connectivity index (χ3v) is 6.78. The van der Waals surface area contributed by atoms with Crippen molar-refractivity contribution in [2.45, 2.75) is 63.8 Å². The molecule has 1 saturated carbocycles. The molecule has 0 spiro atoms. The van der Waals surface area contributed by atoms with Crippen LogP contribution in [0.1, 0.15) is 61.4 Å². The largest absolute Gasteiger partial charge is 0.273 e. The number of aryl methyl sites for hydroxylation is 2. The molecule has 0 amide bonds. The topological polar surface area (TPSA) is 52.2 Å². The van der Waals surface area contributed by atoms with Crippen molar-refractivity contribution in [3.8, 4) is 0 Å². The maximum atomic E-state index is 13.4. The van der Waals surface area contributed by atoms with Crippen molar-refractivity contribution < 1.29 is 0 Å². The van der Waals surface area contributed by atoms with E-state index in [0.717, 1.165) is 41.7 Å². The summed E-state index contributed by atoms with van der Waals surface area (Å²) in [6, 6.07) is 0.284. The first kappa shape index (κ1) is 13.7. The Morgan fingerprint density at radius 3 is 2.78 bits per heavy atom. The third kappa shape index (κ3) is 1.94. The molecule has 1 fully saturated rings. The van der Waals surface area contributed by atoms with Crippen molar-refractivity contribution in [2.75, 3.05) is 0 Å². The van der Waals surface area contributed by atoms with Gasteiger partial charge in [-0.15, -0.1) is 21.5 Å². The number of aromatic nitrogens is 4. The van der Waals surface area contributed by atoms with Crippen LogP contribution in [0, 0.1) is 0 Å². The first-order valence-corrected chi connectivity index (χ1v) is 9.55. The van der Waals surface area contributed by atoms with Crippen molar-refractivity contribution in [1.29, 1.82) is 0 Å². The van der Waals surface area contributed by atoms with Gasteiger partial charge in [0.15, 0.2) is 0 Å². The van der Waals surface area contributed by atoms with Crippen molar-refractivity contribution in [1.82, 2.24) is 19.2 Å². The van der Waals surface area contributed by atoms with Crippen LogP contribution in [0.15, 0.2) is 11.1 Å². The van der Waals surface area contributed by atoms with E-state index in [1.54, 1.807) is 17.7 Å². The predicted octanol–water partition coefficient (Wildman–Crippen LogP) is 3.49. The summed E-state index contributed by atoms with van der Waals surface area (Å²) in [6.07, 6.45) is 12.2. The number of thiophene rings is 1. The Labute approximate surface area is 138 Å². The second-order valence-corrected chi connectivity index (χ2v) is 7.94. The van der Waals surface area contributed by atoms with Gasteiger partial charge in [0.2, 0.25) is 5.78 Å². The average Bonchev–Trinajstić information content (AvgIpc) is 3.20. The van der Waals surface area contributed by atoms with Crippen LogP contribution < -0.4 is 5.56 Å². The Morgan fingerprint density at radius 2 is 1.91 bits per heavy atom. The van der Waals surface area contributed by atoms with E-state index in [0.29, 0.717) is 0 Å². The highest BCUT2D eigenvalue weighted by molar-refractivity contribution is 7.18. The van der Waals surface area contributed by atoms with Gasteiger partial charge < -0.3 is 0 Å². The molecule has 0 aromatic carbocycles. The maximum Gasteiger partial charge on any atom is 0.264 e. The van der Waals surface area contributed by atoms with Gasteiger partial charge in [0.25, 0.3) is 5.56 Å². The molecular formula is C17H20N4OS. The molecule has 0 atom stereocenters. The molecule has 6 heteroatoms. The molecule has 23 heavy (non-hydrogen) atoms. The minimum absolute atomic E-state index is 0.173. The van der Waals surface area contributed by atoms with Crippen molar-refractivity contribution in [3.05, 3.63) is 27.1 Å². The molecule has 0 N–H and O–H groups in total. The highest BCUT2D eigenvalue weighted by atomic mass is 32.1. The van der Waals surface area contributed by atoms with Crippen LogP contribution in [0.5, 0.6) is 0 Å². The minimum atomic E-state index is 0.173. The molecule has 0 unspecified atom stereocenters. The lowest BCUT2D eigenvalue weighted by atomic mass is 9.94. The van der Waals surface area contributed by atoms with E-state index in [2.05, 4.69) is 10.2 Å². The first-order valence-electron chi connectivity index (χ1n) is 8.73. The van der Waals surface area contributed by atoms with Gasteiger partial charge >= 0.3 is 0 Å². The van der Waals surface area contributed by atoms with Crippen LogP contribution in [-0.4, -0.2) is 19.2 Å². The van der Waals surface area contributed by atoms with Crippen LogP contribution in [0.25, 0.3) is 16.0 Å². The summed E-state index contributed by atoms with van der Waals surface area (Å²) >= 11 is 1.77. The fraction of sp³-hybridized carbons (Fsp3) is 0.588. The molecule has 3 aromatic rings. The Morgan fingerprint density at radius 1 is 1.09 bits per heavy atom. The Kier molecular flexibility index (Phi) is 3.08. The van der Waals surface area contributed by atoms with Crippen LogP contribution >= 0.6 is 11.3 Å². The summed E-state index contributed by atoms with van der Waals surface area (Å²) in [7, 11) is 0. The zero-order valence-corrected chi connectivity index (χ0v) is 13.9. The van der Waals surface area contributed by atoms with Crippen LogP contribution in [-0.2, 0) is 12.8 Å². The van der Waals surface area contributed by atoms with Crippen LogP contribution in [0.2, 0.25) is 0 Å². The molecule has 5 rings (SSSR count). The lowest BCUT2D eigenvalue weighted by Gasteiger charge is -2.24. The molecule has 0 aliphatic heterocycles. The van der Waals surface area contributed by atoms with E-state index in [1.807, 2.05) is 8.97 Å². The minimum Gasteiger partial charge on any atom is -0.273 e. The lowest BCUT2D eigenvalue weighted by molar-refractivity contribution is 0.351. The third-order valence-electron chi connectivity index (χ3n) is 5.49. The normalized spacial score (nSPS) is 19.5. The lowest BCUT2D eigenvalue weighted by Crippen LogP contribution is -2.28. The molecule has 120 valence electrons. The number of hydrogen-bond acceptors (Lipinski definition) is 4. The fourth-order valence-electron chi connectivity index (χ4n) is 4.36. The number of fused-ring (bicyclic) bond motifs is 5. The van der Waals surface area contributed by atoms with Crippen molar-refractivity contribution >= 4 is 27.3 Å². The van der Waals surface area contributed by atoms with Gasteiger partial charge in [0.1, 0.15) is 11.2 Å². The van der Waals surface area contributed by atoms with Crippen molar-refractivity contribution in [3.63, 3.8) is 0 Å². The molecule has 0 bridgehead atoms. The first-order chi connectivity index (χ1) is 11.3. The maximum absolute atomic E-state index is 13.4. The highest BCUT2D eigenvalue weighted by Crippen LogP contribution is 2.36. The Balaban J connectivity index is 1.87. The van der Waals surface area contributed by atoms with Crippen molar-refractivity contribution in [2.24, 2.45) is 0 Å². The average molecular weight is 328 g/mol. The number of hydrogen-bond donors (Lipinski definition) is 0. The molecule has 0 radical (unpaired) electrons. The summed E-state index contributed by atoms with van der Waals surface area (Å²) in [5.41, 5.74) is 1.48. The molecule has 3 aromatic heterocycles. The quantitative estimate of drug-likeness (QED) is 0.687. The zero-order valence-electron chi connectivity index (χ0n) is 13.1. The molecule has 2 aliphatic rings. The molecule has 5 nitrogen and oxygen atoms in total. The van der Waals surface area contributed by atoms with E-state index < -0.39 is 0 Å². The molecule has 2 aliphatic carbocycles. The SMILES string of the molecule is O=c1c2c3c(sc2n2cnnc2n1C1CCCCC1)CCCC3. The highest BCUT2D eigenvalue weighted by Gasteiger charge is 2.26. The van der Waals surface area contributed by atoms with Gasteiger partial charge in [-0.3, -0.25) is 13.8 Å². The molecular weight excluding hydrogens is 308 g/mol. The molecule has 3 heterocycles. The van der Waals surface area contributed by atoms with Crippen LogP contribution in [0.4, 0.5) is 0 Å². The van der Waals surface area contributed by atoms with E-state index in [4.69, 9.17) is 0 Å². The predicted molar refractivity (Wildman–Crippen MR) is 91.4 cm³/mol. The van der Waals surface area contributed by atoms with Gasteiger partial charge in [-0.25, -0.2) is 0 Å². The standard InChI is InChI=1S/C17H20N4OS/c22-15-14-12-8-4-5-9-13(12)23-16(14)20-10-18-19-17(20)21(15)11-6-2-1-3-7-11/h10-11H,1-9H2. The summed E-state index contributed by atoms with van der Waals surface area (Å²) in [5.74, 6) is 0.730. The number of rotatable bonds is 1. The fourth-order valence-corrected chi connectivity index (χ4v) is 5.70. The second kappa shape index (κ2) is 5.16. The number of nitrogens with zero attached hydrogens (tertiary/aromatic N) is 4. The van der Waals surface area contributed by atoms with E-state index in [9.17, 15) is 4.79 Å². The van der Waals surface area contributed by atoms with Gasteiger partial charge in [0, 0.05) is 10.9 Å². The van der Waals surface area contributed by atoms with E-state index in [-0.39, 0.29) is 11.6 Å². The smallest absolute Gasteiger partial charge is 0.264 e.